The lowest BCUT2D eigenvalue weighted by Crippen LogP contribution is -3.00. The first-order valence-electron chi connectivity index (χ1n) is 12.4. The normalized spacial score (nSPS) is 24.6. The van der Waals surface area contributed by atoms with Gasteiger partial charge in [0, 0.05) is 12.3 Å². The molecule has 3 rings (SSSR count). The van der Waals surface area contributed by atoms with Crippen molar-refractivity contribution >= 4 is 11.9 Å². The summed E-state index contributed by atoms with van der Waals surface area (Å²) in [6.45, 7) is 4.22. The molecule has 0 amide bonds. The summed E-state index contributed by atoms with van der Waals surface area (Å²) in [6, 6.07) is 9.20. The lowest BCUT2D eigenvalue weighted by molar-refractivity contribution is -0.891. The van der Waals surface area contributed by atoms with Crippen molar-refractivity contribution in [1.29, 1.82) is 0 Å². The third kappa shape index (κ3) is 7.27. The highest BCUT2D eigenvalue weighted by Crippen LogP contribution is 2.42. The van der Waals surface area contributed by atoms with Gasteiger partial charge in [-0.3, -0.25) is 0 Å². The number of nitrogens with zero attached hydrogens (tertiary/aromatic N) is 1. The maximum atomic E-state index is 13.3. The number of ether oxygens (including phenoxy) is 2. The molecule has 33 heavy (non-hydrogen) atoms. The summed E-state index contributed by atoms with van der Waals surface area (Å²) in [5, 5.41) is 11.6. The highest BCUT2D eigenvalue weighted by Gasteiger charge is 2.50. The first-order chi connectivity index (χ1) is 15.4. The van der Waals surface area contributed by atoms with Gasteiger partial charge in [-0.05, 0) is 24.8 Å². The minimum absolute atomic E-state index is 0. The topological polar surface area (TPSA) is 72.8 Å². The number of aliphatic hydroxyl groups is 1. The molecule has 6 nitrogen and oxygen atoms in total. The molecule has 1 N–H and O–H groups in total. The van der Waals surface area contributed by atoms with Gasteiger partial charge in [-0.2, -0.15) is 0 Å². The third-order valence-corrected chi connectivity index (χ3v) is 7.15. The summed E-state index contributed by atoms with van der Waals surface area (Å²) in [5.74, 6) is -0.863. The van der Waals surface area contributed by atoms with Gasteiger partial charge >= 0.3 is 11.9 Å². The summed E-state index contributed by atoms with van der Waals surface area (Å²) < 4.78 is 11.8. The van der Waals surface area contributed by atoms with E-state index >= 15 is 0 Å². The van der Waals surface area contributed by atoms with E-state index in [1.807, 2.05) is 37.4 Å². The van der Waals surface area contributed by atoms with Crippen LogP contribution in [0.25, 0.3) is 0 Å². The van der Waals surface area contributed by atoms with E-state index in [0.717, 1.165) is 57.9 Å². The van der Waals surface area contributed by atoms with Gasteiger partial charge in [0.05, 0.1) is 20.2 Å². The van der Waals surface area contributed by atoms with Crippen LogP contribution in [0.4, 0.5) is 0 Å². The number of halogens is 1. The fourth-order valence-corrected chi connectivity index (χ4v) is 5.24. The average Bonchev–Trinajstić information content (AvgIpc) is 3.44. The Bertz CT molecular complexity index is 754. The maximum Gasteiger partial charge on any atom is 0.361 e. The molecule has 0 unspecified atom stereocenters. The third-order valence-electron chi connectivity index (χ3n) is 7.15. The van der Waals surface area contributed by atoms with E-state index in [2.05, 4.69) is 6.92 Å². The molecule has 2 fully saturated rings. The Morgan fingerprint density at radius 3 is 2.45 bits per heavy atom. The summed E-state index contributed by atoms with van der Waals surface area (Å²) in [7, 11) is 2.01. The van der Waals surface area contributed by atoms with Crippen molar-refractivity contribution in [1.82, 2.24) is 0 Å². The molecular formula is C26H40BrNO5. The Morgan fingerprint density at radius 2 is 1.79 bits per heavy atom. The van der Waals surface area contributed by atoms with E-state index in [1.54, 1.807) is 0 Å². The quantitative estimate of drug-likeness (QED) is 0.264. The van der Waals surface area contributed by atoms with Crippen molar-refractivity contribution in [3.8, 4) is 0 Å². The number of likely N-dealkylation sites (N-methyl/N-ethyl adjacent to an activating group) is 1. The van der Waals surface area contributed by atoms with E-state index in [9.17, 15) is 14.7 Å². The van der Waals surface area contributed by atoms with Gasteiger partial charge in [-0.15, -0.1) is 0 Å². The van der Waals surface area contributed by atoms with Crippen molar-refractivity contribution in [3.05, 3.63) is 35.9 Å². The minimum atomic E-state index is -1.61. The maximum absolute atomic E-state index is 13.3. The predicted octanol–water partition coefficient (Wildman–Crippen LogP) is 0.954. The van der Waals surface area contributed by atoms with Gasteiger partial charge in [-0.25, -0.2) is 9.59 Å². The Hall–Kier alpha value is -1.44. The zero-order chi connectivity index (χ0) is 23.0. The second kappa shape index (κ2) is 12.9. The van der Waals surface area contributed by atoms with Crippen molar-refractivity contribution in [2.24, 2.45) is 5.92 Å². The highest BCUT2D eigenvalue weighted by molar-refractivity contribution is 5.81. The number of carbonyl (C=O) groups is 2. The van der Waals surface area contributed by atoms with Crippen LogP contribution in [-0.4, -0.2) is 60.9 Å². The number of esters is 2. The van der Waals surface area contributed by atoms with Crippen LogP contribution in [0.3, 0.4) is 0 Å². The Labute approximate surface area is 209 Å². The average molecular weight is 527 g/mol. The Morgan fingerprint density at radius 1 is 1.09 bits per heavy atom. The minimum Gasteiger partial charge on any atom is -1.00 e. The van der Waals surface area contributed by atoms with Crippen LogP contribution in [0.5, 0.6) is 0 Å². The van der Waals surface area contributed by atoms with Crippen LogP contribution in [0.1, 0.15) is 70.3 Å². The molecule has 186 valence electrons. The fraction of sp³-hybridized carbons (Fsp3) is 0.692. The molecule has 2 aliphatic rings. The van der Waals surface area contributed by atoms with Crippen LogP contribution < -0.4 is 17.0 Å². The molecule has 1 saturated heterocycles. The Balaban J connectivity index is 0.00000385. The summed E-state index contributed by atoms with van der Waals surface area (Å²) in [5.41, 5.74) is -1.000. The lowest BCUT2D eigenvalue weighted by atomic mass is 9.80. The van der Waals surface area contributed by atoms with Crippen LogP contribution in [0.15, 0.2) is 30.3 Å². The number of benzene rings is 1. The SMILES string of the molecule is CCCCCCOC(=O)C[N@+]1(C)CC[C@@H](OC(=O)[C@](O)(c2ccccc2)C2CCCC2)C1.[Br-]. The standard InChI is InChI=1S/C26H40NO5.BrH/c1-3-4-5-11-18-31-24(28)20-27(2)17-16-23(19-27)32-25(29)26(30,22-14-9-10-15-22)21-12-7-6-8-13-21;/h6-8,12-13,22-23,30H,3-5,9-11,14-20H2,1-2H3;1H/q+1;/p-1/t23-,26+,27-;/m1./s1. The summed E-state index contributed by atoms with van der Waals surface area (Å²) in [6.07, 6.45) is 8.37. The molecule has 0 bridgehead atoms. The number of hydrogen-bond donors (Lipinski definition) is 1. The van der Waals surface area contributed by atoms with Gasteiger partial charge in [-0.1, -0.05) is 69.4 Å². The van der Waals surface area contributed by atoms with Crippen LogP contribution >= 0.6 is 0 Å². The van der Waals surface area contributed by atoms with E-state index in [1.165, 1.54) is 0 Å². The number of rotatable bonds is 11. The van der Waals surface area contributed by atoms with E-state index in [-0.39, 0.29) is 41.5 Å². The van der Waals surface area contributed by atoms with Crippen molar-refractivity contribution in [2.75, 3.05) is 33.3 Å². The lowest BCUT2D eigenvalue weighted by Gasteiger charge is -2.33. The smallest absolute Gasteiger partial charge is 0.361 e. The highest BCUT2D eigenvalue weighted by atomic mass is 79.9. The first-order valence-corrected chi connectivity index (χ1v) is 12.4. The predicted molar refractivity (Wildman–Crippen MR) is 123 cm³/mol. The van der Waals surface area contributed by atoms with E-state index in [0.29, 0.717) is 29.6 Å². The van der Waals surface area contributed by atoms with Crippen LogP contribution in [0, 0.1) is 5.92 Å². The molecule has 0 aromatic heterocycles. The largest absolute Gasteiger partial charge is 1.00 e. The van der Waals surface area contributed by atoms with E-state index in [4.69, 9.17) is 9.47 Å². The molecule has 1 saturated carbocycles. The molecule has 1 heterocycles. The van der Waals surface area contributed by atoms with Crippen LogP contribution in [-0.2, 0) is 24.7 Å². The van der Waals surface area contributed by atoms with Gasteiger partial charge in [0.15, 0.2) is 18.2 Å². The molecule has 0 radical (unpaired) electrons. The molecule has 1 aliphatic heterocycles. The molecule has 1 aliphatic carbocycles. The van der Waals surface area contributed by atoms with Gasteiger partial charge in [0.1, 0.15) is 6.54 Å². The molecule has 0 spiro atoms. The molecule has 1 aromatic rings. The van der Waals surface area contributed by atoms with Gasteiger partial charge < -0.3 is 36.0 Å². The van der Waals surface area contributed by atoms with Crippen molar-refractivity contribution in [2.45, 2.75) is 76.4 Å². The Kier molecular flexibility index (Phi) is 10.8. The molecular weight excluding hydrogens is 486 g/mol. The summed E-state index contributed by atoms with van der Waals surface area (Å²) in [4.78, 5) is 25.6. The number of hydrogen-bond acceptors (Lipinski definition) is 5. The zero-order valence-electron chi connectivity index (χ0n) is 20.1. The summed E-state index contributed by atoms with van der Waals surface area (Å²) >= 11 is 0. The zero-order valence-corrected chi connectivity index (χ0v) is 21.7. The van der Waals surface area contributed by atoms with E-state index < -0.39 is 11.6 Å². The van der Waals surface area contributed by atoms with Crippen molar-refractivity contribution < 1.29 is 45.6 Å². The van der Waals surface area contributed by atoms with Crippen LogP contribution in [0.2, 0.25) is 0 Å². The second-order valence-corrected chi connectivity index (χ2v) is 9.89. The fourth-order valence-electron chi connectivity index (χ4n) is 5.24. The van der Waals surface area contributed by atoms with Gasteiger partial charge in [0.25, 0.3) is 0 Å². The molecule has 7 heteroatoms. The number of likely N-dealkylation sites (tertiary alicyclic amines) is 1. The second-order valence-electron chi connectivity index (χ2n) is 9.89. The van der Waals surface area contributed by atoms with Crippen molar-refractivity contribution in [3.63, 3.8) is 0 Å². The number of unbranched alkanes of at least 4 members (excludes halogenated alkanes) is 3. The van der Waals surface area contributed by atoms with Gasteiger partial charge in [0.2, 0.25) is 0 Å². The number of quaternary nitrogens is 1. The number of carbonyl (C=O) groups excluding carboxylic acids is 2. The monoisotopic (exact) mass is 525 g/mol. The first kappa shape index (κ1) is 27.8. The molecule has 1 aromatic carbocycles. The molecule has 3 atom stereocenters.